The van der Waals surface area contributed by atoms with E-state index in [1.165, 1.54) is 0 Å². The van der Waals surface area contributed by atoms with Gasteiger partial charge in [0.25, 0.3) is 0 Å². The molecule has 0 spiro atoms. The minimum absolute atomic E-state index is 0.157. The molecule has 102 valence electrons. The number of methoxy groups -OCH3 is 2. The first-order chi connectivity index (χ1) is 8.62. The Morgan fingerprint density at radius 2 is 1.61 bits per heavy atom. The number of nitrogens with two attached hydrogens (primary N) is 1. The number of benzene rings is 1. The van der Waals surface area contributed by atoms with E-state index >= 15 is 0 Å². The van der Waals surface area contributed by atoms with Crippen LogP contribution in [0.2, 0.25) is 0 Å². The van der Waals surface area contributed by atoms with Crippen LogP contribution in [0.25, 0.3) is 0 Å². The normalized spacial score (nSPS) is 13.1. The van der Waals surface area contributed by atoms with Crippen LogP contribution in [0.4, 0.5) is 0 Å². The summed E-state index contributed by atoms with van der Waals surface area (Å²) in [4.78, 5) is 0. The van der Waals surface area contributed by atoms with E-state index in [9.17, 15) is 0 Å². The molecule has 5 nitrogen and oxygen atoms in total. The highest BCUT2D eigenvalue weighted by Crippen LogP contribution is 2.22. The Bertz CT molecular complexity index is 337. The van der Waals surface area contributed by atoms with Gasteiger partial charge in [-0.25, -0.2) is 5.43 Å². The second-order valence-electron chi connectivity index (χ2n) is 4.22. The van der Waals surface area contributed by atoms with Gasteiger partial charge in [-0.3, -0.25) is 5.84 Å². The van der Waals surface area contributed by atoms with Crippen molar-refractivity contribution in [3.63, 3.8) is 0 Å². The van der Waals surface area contributed by atoms with Gasteiger partial charge in [-0.05, 0) is 31.5 Å². The summed E-state index contributed by atoms with van der Waals surface area (Å²) in [6.45, 7) is 3.98. The van der Waals surface area contributed by atoms with Gasteiger partial charge in [-0.15, -0.1) is 0 Å². The van der Waals surface area contributed by atoms with Gasteiger partial charge in [0.15, 0.2) is 6.29 Å². The number of hydrogen-bond donors (Lipinski definition) is 2. The van der Waals surface area contributed by atoms with Gasteiger partial charge in [0, 0.05) is 14.2 Å². The van der Waals surface area contributed by atoms with Crippen molar-refractivity contribution in [2.24, 2.45) is 5.84 Å². The zero-order chi connectivity index (χ0) is 13.5. The molecule has 18 heavy (non-hydrogen) atoms. The third kappa shape index (κ3) is 3.96. The molecule has 1 unspecified atom stereocenters. The Kier molecular flexibility index (Phi) is 6.07. The zero-order valence-electron chi connectivity index (χ0n) is 11.3. The standard InChI is InChI=1S/C13H22N2O3/c1-9(2)18-11-7-5-10(6-8-11)12(15-14)13(16-3)17-4/h5-9,12-13,15H,14H2,1-4H3. The Hall–Kier alpha value is -1.14. The highest BCUT2D eigenvalue weighted by atomic mass is 16.7. The second-order valence-corrected chi connectivity index (χ2v) is 4.22. The summed E-state index contributed by atoms with van der Waals surface area (Å²) in [5.41, 5.74) is 3.66. The van der Waals surface area contributed by atoms with Crippen molar-refractivity contribution in [2.75, 3.05) is 14.2 Å². The highest BCUT2D eigenvalue weighted by Gasteiger charge is 2.21. The van der Waals surface area contributed by atoms with Crippen LogP contribution in [-0.4, -0.2) is 26.6 Å². The van der Waals surface area contributed by atoms with E-state index in [4.69, 9.17) is 20.1 Å². The van der Waals surface area contributed by atoms with Gasteiger partial charge < -0.3 is 14.2 Å². The largest absolute Gasteiger partial charge is 0.491 e. The first-order valence-corrected chi connectivity index (χ1v) is 5.90. The molecule has 0 fully saturated rings. The maximum Gasteiger partial charge on any atom is 0.177 e. The molecule has 0 amide bonds. The molecular weight excluding hydrogens is 232 g/mol. The molecule has 0 bridgehead atoms. The molecule has 0 aliphatic carbocycles. The average Bonchev–Trinajstić information content (AvgIpc) is 2.36. The van der Waals surface area contributed by atoms with E-state index in [0.29, 0.717) is 0 Å². The molecule has 0 aliphatic rings. The van der Waals surface area contributed by atoms with Crippen molar-refractivity contribution in [1.82, 2.24) is 5.43 Å². The van der Waals surface area contributed by atoms with Crippen molar-refractivity contribution in [3.8, 4) is 5.75 Å². The van der Waals surface area contributed by atoms with Gasteiger partial charge >= 0.3 is 0 Å². The van der Waals surface area contributed by atoms with Crippen LogP contribution < -0.4 is 16.0 Å². The highest BCUT2D eigenvalue weighted by molar-refractivity contribution is 5.29. The SMILES string of the molecule is COC(OC)C(NN)c1ccc(OC(C)C)cc1. The minimum Gasteiger partial charge on any atom is -0.491 e. The lowest BCUT2D eigenvalue weighted by molar-refractivity contribution is -0.124. The lowest BCUT2D eigenvalue weighted by Gasteiger charge is -2.24. The molecule has 0 heterocycles. The molecule has 0 radical (unpaired) electrons. The summed E-state index contributed by atoms with van der Waals surface area (Å²) in [5.74, 6) is 6.36. The monoisotopic (exact) mass is 254 g/mol. The van der Waals surface area contributed by atoms with Crippen LogP contribution in [0.15, 0.2) is 24.3 Å². The molecule has 5 heteroatoms. The summed E-state index contributed by atoms with van der Waals surface area (Å²) in [7, 11) is 3.16. The summed E-state index contributed by atoms with van der Waals surface area (Å²) in [6.07, 6.45) is -0.281. The Balaban J connectivity index is 2.81. The fourth-order valence-electron chi connectivity index (χ4n) is 1.73. The molecular formula is C13H22N2O3. The smallest absolute Gasteiger partial charge is 0.177 e. The van der Waals surface area contributed by atoms with E-state index in [1.54, 1.807) is 14.2 Å². The lowest BCUT2D eigenvalue weighted by Crippen LogP contribution is -2.38. The maximum absolute atomic E-state index is 5.58. The van der Waals surface area contributed by atoms with Crippen molar-refractivity contribution < 1.29 is 14.2 Å². The minimum atomic E-state index is -0.438. The van der Waals surface area contributed by atoms with Gasteiger partial charge in [0.2, 0.25) is 0 Å². The molecule has 0 aliphatic heterocycles. The Morgan fingerprint density at radius 1 is 1.06 bits per heavy atom. The first kappa shape index (κ1) is 14.9. The topological polar surface area (TPSA) is 65.7 Å². The van der Waals surface area contributed by atoms with E-state index in [-0.39, 0.29) is 12.1 Å². The quantitative estimate of drug-likeness (QED) is 0.439. The van der Waals surface area contributed by atoms with E-state index < -0.39 is 6.29 Å². The van der Waals surface area contributed by atoms with Crippen LogP contribution in [0.5, 0.6) is 5.75 Å². The summed E-state index contributed by atoms with van der Waals surface area (Å²) < 4.78 is 16.0. The molecule has 1 rings (SSSR count). The van der Waals surface area contributed by atoms with Crippen LogP contribution in [0.1, 0.15) is 25.5 Å². The fourth-order valence-corrected chi connectivity index (χ4v) is 1.73. The molecule has 1 aromatic carbocycles. The van der Waals surface area contributed by atoms with Crippen LogP contribution >= 0.6 is 0 Å². The van der Waals surface area contributed by atoms with Gasteiger partial charge in [-0.1, -0.05) is 12.1 Å². The predicted octanol–water partition coefficient (Wildman–Crippen LogP) is 1.60. The second kappa shape index (κ2) is 7.33. The van der Waals surface area contributed by atoms with E-state index in [2.05, 4.69) is 5.43 Å². The third-order valence-corrected chi connectivity index (χ3v) is 2.53. The van der Waals surface area contributed by atoms with Gasteiger partial charge in [0.05, 0.1) is 12.1 Å². The molecule has 1 atom stereocenters. The first-order valence-electron chi connectivity index (χ1n) is 5.90. The van der Waals surface area contributed by atoms with Crippen molar-refractivity contribution in [2.45, 2.75) is 32.3 Å². The number of hydrogen-bond acceptors (Lipinski definition) is 5. The van der Waals surface area contributed by atoms with E-state index in [0.717, 1.165) is 11.3 Å². The number of rotatable bonds is 7. The predicted molar refractivity (Wildman–Crippen MR) is 70.1 cm³/mol. The third-order valence-electron chi connectivity index (χ3n) is 2.53. The molecule has 0 saturated carbocycles. The van der Waals surface area contributed by atoms with Crippen molar-refractivity contribution in [3.05, 3.63) is 29.8 Å². The number of nitrogens with one attached hydrogen (secondary N) is 1. The van der Waals surface area contributed by atoms with Crippen LogP contribution in [0.3, 0.4) is 0 Å². The summed E-state index contributed by atoms with van der Waals surface area (Å²) >= 11 is 0. The molecule has 0 aromatic heterocycles. The number of ether oxygens (including phenoxy) is 3. The van der Waals surface area contributed by atoms with Gasteiger partial charge in [0.1, 0.15) is 5.75 Å². The van der Waals surface area contributed by atoms with Crippen LogP contribution in [-0.2, 0) is 9.47 Å². The summed E-state index contributed by atoms with van der Waals surface area (Å²) in [6, 6.07) is 7.46. The van der Waals surface area contributed by atoms with Gasteiger partial charge in [-0.2, -0.15) is 0 Å². The van der Waals surface area contributed by atoms with Crippen molar-refractivity contribution >= 4 is 0 Å². The molecule has 1 aromatic rings. The average molecular weight is 254 g/mol. The lowest BCUT2D eigenvalue weighted by atomic mass is 10.1. The van der Waals surface area contributed by atoms with E-state index in [1.807, 2.05) is 38.1 Å². The maximum atomic E-state index is 5.58. The number of hydrazine groups is 1. The zero-order valence-corrected chi connectivity index (χ0v) is 11.3. The molecule has 0 saturated heterocycles. The van der Waals surface area contributed by atoms with Crippen molar-refractivity contribution in [1.29, 1.82) is 0 Å². The Labute approximate surface area is 108 Å². The fraction of sp³-hybridized carbons (Fsp3) is 0.538. The Morgan fingerprint density at radius 3 is 2.00 bits per heavy atom. The van der Waals surface area contributed by atoms with Crippen LogP contribution in [0, 0.1) is 0 Å². The summed E-state index contributed by atoms with van der Waals surface area (Å²) in [5, 5.41) is 0. The molecule has 3 N–H and O–H groups in total.